The van der Waals surface area contributed by atoms with Crippen LogP contribution in [0.2, 0.25) is 0 Å². The van der Waals surface area contributed by atoms with Crippen LogP contribution in [0.25, 0.3) is 56.3 Å². The Morgan fingerprint density at radius 2 is 0.685 bits per heavy atom. The van der Waals surface area contributed by atoms with Crippen molar-refractivity contribution in [2.45, 2.75) is 266 Å². The van der Waals surface area contributed by atoms with E-state index in [-0.39, 0.29) is 27.1 Å². The average molecular weight is 1450 g/mol. The van der Waals surface area contributed by atoms with E-state index in [0.717, 1.165) is 99.0 Å². The van der Waals surface area contributed by atoms with Crippen LogP contribution >= 0.6 is 0 Å². The molecule has 5 aromatic heterocycles. The normalized spacial score (nSPS) is 28.0. The summed E-state index contributed by atoms with van der Waals surface area (Å²) in [5.41, 5.74) is 35.8. The first-order valence-corrected chi connectivity index (χ1v) is 40.3. The predicted octanol–water partition coefficient (Wildman–Crippen LogP) is 23.0. The fourth-order valence-corrected chi connectivity index (χ4v) is 22.3. The van der Waals surface area contributed by atoms with Crippen molar-refractivity contribution in [3.63, 3.8) is 0 Å². The van der Waals surface area contributed by atoms with E-state index < -0.39 is 38.2 Å². The van der Waals surface area contributed by atoms with E-state index in [1.54, 1.807) is 41.5 Å². The van der Waals surface area contributed by atoms with Gasteiger partial charge in [0.1, 0.15) is 35.2 Å². The molecular formula is C103H128N5+5. The number of aromatic nitrogens is 5. The number of hydrogen-bond donors (Lipinski definition) is 0. The molecule has 9 aliphatic carbocycles. The van der Waals surface area contributed by atoms with Crippen molar-refractivity contribution in [1.29, 1.82) is 0 Å². The zero-order valence-corrected chi connectivity index (χ0v) is 69.2. The van der Waals surface area contributed by atoms with Crippen LogP contribution in [-0.2, 0) is 56.9 Å². The lowest BCUT2D eigenvalue weighted by Crippen LogP contribution is -2.36. The molecule has 4 saturated carbocycles. The van der Waals surface area contributed by atoms with Gasteiger partial charge < -0.3 is 0 Å². The summed E-state index contributed by atoms with van der Waals surface area (Å²) >= 11 is 0. The molecule has 5 heteroatoms. The second-order valence-corrected chi connectivity index (χ2v) is 37.5. The van der Waals surface area contributed by atoms with Crippen molar-refractivity contribution in [3.05, 3.63) is 264 Å². The zero-order valence-electron chi connectivity index (χ0n) is 81.2. The maximum absolute atomic E-state index is 9.30. The van der Waals surface area contributed by atoms with Gasteiger partial charge in [0.2, 0.25) is 28.5 Å². The lowest BCUT2D eigenvalue weighted by molar-refractivity contribution is -0.661. The molecule has 19 rings (SSSR count). The summed E-state index contributed by atoms with van der Waals surface area (Å²) in [7, 11) is 10.5. The minimum Gasteiger partial charge on any atom is -0.201 e. The predicted molar refractivity (Wildman–Crippen MR) is 448 cm³/mol. The quantitative estimate of drug-likeness (QED) is 0.153. The summed E-state index contributed by atoms with van der Waals surface area (Å²) in [6.07, 6.45) is 23.3. The molecule has 0 N–H and O–H groups in total. The molecule has 9 aliphatic rings. The standard InChI is InChI=1S/2C22H28N.C21H28N.2C19H22N/c2*1-14-7-8-16(15(2)11-14)20-12-17-18-9-10-22(5,21(18,3)4)19(17)13-23(20)6;1-14-8-9-16(15(2)10-14)19-11-17-18(12-22(19)7)21(5,6)13-20(17,3)4;2*1-12-4-7-16(13(2)8-12)19-10-17-14-5-6-15(9-14)18(17)11-20(19)3/h2*7-8,11-13,18H,9-10H2,1-6H3;8-12H,13H2,1-7H3;2*4,7-8,10-11,14-15H,5-6,9H2,1-3H3/q5*+1/i1D3,18D;1D3;;1D3,14D,15D;. The molecule has 5 heterocycles. The summed E-state index contributed by atoms with van der Waals surface area (Å²) in [5.74, 6) is 0.465. The molecule has 0 spiro atoms. The van der Waals surface area contributed by atoms with Crippen LogP contribution in [0.5, 0.6) is 0 Å². The highest BCUT2D eigenvalue weighted by atomic mass is 15.0. The van der Waals surface area contributed by atoms with E-state index in [1.165, 1.54) is 117 Å². The maximum atomic E-state index is 9.30. The van der Waals surface area contributed by atoms with Crippen LogP contribution in [0, 0.1) is 79.9 Å². The Hall–Kier alpha value is -8.15. The van der Waals surface area contributed by atoms with Gasteiger partial charge in [0.15, 0.2) is 31.0 Å². The Bertz CT molecular complexity index is 5860. The molecule has 560 valence electrons. The van der Waals surface area contributed by atoms with Crippen molar-refractivity contribution >= 4 is 0 Å². The van der Waals surface area contributed by atoms with Crippen molar-refractivity contribution < 1.29 is 39.3 Å². The Morgan fingerprint density at radius 3 is 1.17 bits per heavy atom. The van der Waals surface area contributed by atoms with E-state index in [2.05, 4.69) is 228 Å². The summed E-state index contributed by atoms with van der Waals surface area (Å²) in [4.78, 5) is 0. The summed E-state index contributed by atoms with van der Waals surface area (Å²) in [6, 6.07) is 41.2. The number of rotatable bonds is 5. The minimum absolute atomic E-state index is 0.0283. The first kappa shape index (κ1) is 61.6. The van der Waals surface area contributed by atoms with E-state index in [9.17, 15) is 1.37 Å². The second-order valence-electron chi connectivity index (χ2n) is 37.5. The van der Waals surface area contributed by atoms with E-state index in [4.69, 9.17) is 15.1 Å². The molecule has 8 bridgehead atoms. The van der Waals surface area contributed by atoms with Gasteiger partial charge in [0, 0.05) is 113 Å². The second kappa shape index (κ2) is 27.1. The highest BCUT2D eigenvalue weighted by Gasteiger charge is 2.62. The molecular weight excluding hydrogens is 1310 g/mol. The zero-order chi connectivity index (χ0) is 87.4. The van der Waals surface area contributed by atoms with Gasteiger partial charge in [-0.25, -0.2) is 22.8 Å². The highest BCUT2D eigenvalue weighted by molar-refractivity contribution is 5.69. The summed E-state index contributed by atoms with van der Waals surface area (Å²) in [5, 5.41) is 0. The van der Waals surface area contributed by atoms with Crippen molar-refractivity contribution in [1.82, 2.24) is 0 Å². The van der Waals surface area contributed by atoms with Gasteiger partial charge in [-0.15, -0.1) is 0 Å². The number of aryl methyl sites for hydroxylation is 15. The van der Waals surface area contributed by atoms with Gasteiger partial charge in [-0.3, -0.25) is 0 Å². The first-order valence-electron chi connectivity index (χ1n) is 46.3. The van der Waals surface area contributed by atoms with Crippen LogP contribution in [0.4, 0.5) is 0 Å². The van der Waals surface area contributed by atoms with Gasteiger partial charge in [-0.1, -0.05) is 158 Å². The van der Waals surface area contributed by atoms with Crippen molar-refractivity contribution in [2.75, 3.05) is 0 Å². The van der Waals surface area contributed by atoms with Gasteiger partial charge in [0.05, 0.1) is 0 Å². The molecule has 10 aromatic rings. The maximum Gasteiger partial charge on any atom is 0.212 e. The molecule has 0 aliphatic heterocycles. The Labute approximate surface area is 667 Å². The Balaban J connectivity index is 0.000000117. The minimum atomic E-state index is -2.11. The lowest BCUT2D eigenvalue weighted by atomic mass is 9.69. The Morgan fingerprint density at radius 1 is 0.324 bits per heavy atom. The van der Waals surface area contributed by atoms with Gasteiger partial charge in [0.25, 0.3) is 0 Å². The van der Waals surface area contributed by atoms with Crippen LogP contribution in [0.15, 0.2) is 152 Å². The van der Waals surface area contributed by atoms with Crippen molar-refractivity contribution in [2.24, 2.45) is 46.1 Å². The molecule has 4 fully saturated rings. The third kappa shape index (κ3) is 12.5. The number of pyridine rings is 5. The summed E-state index contributed by atoms with van der Waals surface area (Å²) in [6.45, 7) is 32.0. The molecule has 0 amide bonds. The third-order valence-electron chi connectivity index (χ3n) is 29.0. The van der Waals surface area contributed by atoms with Gasteiger partial charge in [-0.05, 0) is 283 Å². The van der Waals surface area contributed by atoms with Crippen LogP contribution in [-0.4, -0.2) is 0 Å². The third-order valence-corrected chi connectivity index (χ3v) is 29.0. The number of benzene rings is 5. The van der Waals surface area contributed by atoms with E-state index in [0.29, 0.717) is 34.4 Å². The molecule has 108 heavy (non-hydrogen) atoms. The smallest absolute Gasteiger partial charge is 0.201 e. The van der Waals surface area contributed by atoms with Crippen LogP contribution in [0.3, 0.4) is 0 Å². The number of fused-ring (bicyclic) bond motifs is 21. The molecule has 5 aromatic carbocycles. The van der Waals surface area contributed by atoms with Gasteiger partial charge >= 0.3 is 0 Å². The molecule has 0 radical (unpaired) electrons. The largest absolute Gasteiger partial charge is 0.212 e. The van der Waals surface area contributed by atoms with Gasteiger partial charge in [-0.2, -0.15) is 0 Å². The molecule has 5 nitrogen and oxygen atoms in total. The van der Waals surface area contributed by atoms with Crippen LogP contribution in [0.1, 0.15) is 303 Å². The monoisotopic (exact) mass is 1450 g/mol. The summed E-state index contributed by atoms with van der Waals surface area (Å²) < 4.78 is 106. The number of nitrogens with zero attached hydrogens (tertiary/aromatic N) is 5. The molecule has 8 unspecified atom stereocenters. The Kier molecular flexibility index (Phi) is 15.5. The first-order chi connectivity index (χ1) is 55.6. The van der Waals surface area contributed by atoms with E-state index in [1.807, 2.05) is 69.9 Å². The molecule has 0 saturated heterocycles. The van der Waals surface area contributed by atoms with E-state index >= 15 is 0 Å². The number of hydrogen-bond acceptors (Lipinski definition) is 0. The average Bonchev–Trinajstić information content (AvgIpc) is 1.47. The topological polar surface area (TPSA) is 19.4 Å². The fraction of sp³-hybridized carbons (Fsp3) is 0.466. The van der Waals surface area contributed by atoms with Crippen LogP contribution < -0.4 is 22.8 Å². The fourth-order valence-electron chi connectivity index (χ4n) is 22.3. The highest BCUT2D eigenvalue weighted by Crippen LogP contribution is 2.69. The lowest BCUT2D eigenvalue weighted by Gasteiger charge is -2.34. The molecule has 8 atom stereocenters. The SMILES string of the molecule is Cc1ccc(-c2cc3c(c[n+]2C)C(C)(C)CC3(C)C)c(C)c1.Cc1ccc(-c2cc3c(c[n+]2C)C2CCC3C2)c(C)c1.[2H]C([2H])([2H])c1ccc(-c2cc3c(c[n+]2C)C2(C)CCC3([2H])C2(C)C)c(C)c1.[2H]C([2H])([2H])c1ccc(-c2cc3c(c[n+]2C)C2(C)CCC3C2(C)C)c(C)c1.[2H]C([2H])([2H])c1ccc(-c2cc3c(c[n+]2C)C2([2H])CCC3([2H])C2)c(C)c1. The van der Waals surface area contributed by atoms with Crippen molar-refractivity contribution in [3.8, 4) is 56.3 Å².